The first kappa shape index (κ1) is 14.2. The minimum Gasteiger partial charge on any atom is -0.283 e. The zero-order valence-electron chi connectivity index (χ0n) is 10.1. The van der Waals surface area contributed by atoms with Crippen molar-refractivity contribution in [2.24, 2.45) is 0 Å². The first-order valence-electron chi connectivity index (χ1n) is 5.56. The molecule has 0 fully saturated rings. The quantitative estimate of drug-likeness (QED) is 0.614. The maximum absolute atomic E-state index is 6.22. The molecule has 3 rings (SSSR count). The van der Waals surface area contributed by atoms with Crippen LogP contribution in [-0.2, 0) is 0 Å². The number of aromatic nitrogens is 2. The molecule has 1 aromatic heterocycles. The highest BCUT2D eigenvalue weighted by Crippen LogP contribution is 2.28. The lowest BCUT2D eigenvalue weighted by atomic mass is 10.2. The van der Waals surface area contributed by atoms with E-state index in [2.05, 4.69) is 4.98 Å². The van der Waals surface area contributed by atoms with E-state index in [9.17, 15) is 0 Å². The summed E-state index contributed by atoms with van der Waals surface area (Å²) in [5, 5.41) is 1.16. The van der Waals surface area contributed by atoms with Crippen LogP contribution in [0, 0.1) is 6.92 Å². The van der Waals surface area contributed by atoms with Crippen LogP contribution in [0.1, 0.15) is 5.56 Å². The van der Waals surface area contributed by atoms with E-state index < -0.39 is 0 Å². The average molecular weight is 314 g/mol. The van der Waals surface area contributed by atoms with Crippen LogP contribution in [0.2, 0.25) is 10.3 Å². The standard InChI is InChI=1S/C14H10Cl2N2.ClH/c1-9-7-12-13(8-11(9)15)18(14(16)17-12)10-5-3-2-4-6-10;/h2-8H,1H3;1H. The van der Waals surface area contributed by atoms with Crippen LogP contribution in [0.5, 0.6) is 0 Å². The van der Waals surface area contributed by atoms with Gasteiger partial charge in [-0.25, -0.2) is 4.98 Å². The second-order valence-corrected chi connectivity index (χ2v) is 4.89. The van der Waals surface area contributed by atoms with E-state index in [4.69, 9.17) is 23.2 Å². The van der Waals surface area contributed by atoms with Gasteiger partial charge in [-0.05, 0) is 48.4 Å². The Morgan fingerprint density at radius 1 is 1.05 bits per heavy atom. The van der Waals surface area contributed by atoms with E-state index in [1.807, 2.05) is 54.0 Å². The monoisotopic (exact) mass is 312 g/mol. The summed E-state index contributed by atoms with van der Waals surface area (Å²) in [6, 6.07) is 13.7. The van der Waals surface area contributed by atoms with Crippen LogP contribution in [0.15, 0.2) is 42.5 Å². The van der Waals surface area contributed by atoms with Gasteiger partial charge < -0.3 is 0 Å². The van der Waals surface area contributed by atoms with Crippen molar-refractivity contribution in [1.29, 1.82) is 0 Å². The summed E-state index contributed by atoms with van der Waals surface area (Å²) in [6.07, 6.45) is 0. The lowest BCUT2D eigenvalue weighted by Crippen LogP contribution is -1.93. The Bertz CT molecular complexity index is 720. The van der Waals surface area contributed by atoms with E-state index in [1.165, 1.54) is 0 Å². The topological polar surface area (TPSA) is 17.8 Å². The van der Waals surface area contributed by atoms with Crippen LogP contribution < -0.4 is 0 Å². The van der Waals surface area contributed by atoms with Gasteiger partial charge in [-0.3, -0.25) is 4.57 Å². The number of halogens is 3. The van der Waals surface area contributed by atoms with Gasteiger partial charge in [-0.1, -0.05) is 29.8 Å². The normalized spacial score (nSPS) is 10.5. The highest BCUT2D eigenvalue weighted by molar-refractivity contribution is 6.32. The van der Waals surface area contributed by atoms with Crippen molar-refractivity contribution in [3.05, 3.63) is 58.3 Å². The molecule has 0 unspecified atom stereocenters. The van der Waals surface area contributed by atoms with Gasteiger partial charge in [0, 0.05) is 10.7 Å². The largest absolute Gasteiger partial charge is 0.283 e. The number of para-hydroxylation sites is 1. The Labute approximate surface area is 127 Å². The van der Waals surface area contributed by atoms with Crippen LogP contribution in [-0.4, -0.2) is 9.55 Å². The van der Waals surface area contributed by atoms with Crippen molar-refractivity contribution >= 4 is 46.6 Å². The summed E-state index contributed by atoms with van der Waals surface area (Å²) in [7, 11) is 0. The van der Waals surface area contributed by atoms with E-state index in [1.54, 1.807) is 0 Å². The zero-order valence-corrected chi connectivity index (χ0v) is 12.4. The molecule has 0 saturated carbocycles. The molecule has 0 radical (unpaired) electrons. The molecular weight excluding hydrogens is 303 g/mol. The van der Waals surface area contributed by atoms with Crippen LogP contribution in [0.4, 0.5) is 0 Å². The van der Waals surface area contributed by atoms with Gasteiger partial charge in [0.05, 0.1) is 11.0 Å². The van der Waals surface area contributed by atoms with Gasteiger partial charge in [0.1, 0.15) is 0 Å². The third kappa shape index (κ3) is 2.44. The molecule has 0 atom stereocenters. The molecule has 5 heteroatoms. The van der Waals surface area contributed by atoms with Gasteiger partial charge in [-0.2, -0.15) is 0 Å². The van der Waals surface area contributed by atoms with Crippen molar-refractivity contribution in [3.8, 4) is 5.69 Å². The van der Waals surface area contributed by atoms with Gasteiger partial charge >= 0.3 is 0 Å². The molecule has 3 aromatic rings. The van der Waals surface area contributed by atoms with Crippen LogP contribution in [0.25, 0.3) is 16.7 Å². The summed E-state index contributed by atoms with van der Waals surface area (Å²) >= 11 is 12.4. The minimum absolute atomic E-state index is 0. The van der Waals surface area contributed by atoms with Crippen LogP contribution in [0.3, 0.4) is 0 Å². The summed E-state index contributed by atoms with van der Waals surface area (Å²) in [6.45, 7) is 1.96. The Hall–Kier alpha value is -1.22. The number of fused-ring (bicyclic) bond motifs is 1. The summed E-state index contributed by atoms with van der Waals surface area (Å²) in [5.74, 6) is 0. The number of rotatable bonds is 1. The lowest BCUT2D eigenvalue weighted by Gasteiger charge is -2.06. The first-order chi connectivity index (χ1) is 8.66. The molecule has 1 heterocycles. The molecule has 0 saturated heterocycles. The molecule has 0 spiro atoms. The Balaban J connectivity index is 0.00000133. The molecule has 2 aromatic carbocycles. The molecule has 0 bridgehead atoms. The summed E-state index contributed by atoms with van der Waals surface area (Å²) in [5.41, 5.74) is 3.75. The van der Waals surface area contributed by atoms with Crippen LogP contribution >= 0.6 is 35.6 Å². The number of aryl methyl sites for hydroxylation is 1. The molecule has 0 aliphatic heterocycles. The third-order valence-corrected chi connectivity index (χ3v) is 3.57. The highest BCUT2D eigenvalue weighted by atomic mass is 35.5. The lowest BCUT2D eigenvalue weighted by molar-refractivity contribution is 1.09. The third-order valence-electron chi connectivity index (χ3n) is 2.91. The number of benzene rings is 2. The molecule has 0 aliphatic carbocycles. The number of hydrogen-bond donors (Lipinski definition) is 0. The molecule has 2 nitrogen and oxygen atoms in total. The SMILES string of the molecule is Cc1cc2nc(Cl)n(-c3ccccc3)c2cc1Cl.Cl. The predicted octanol–water partition coefficient (Wildman–Crippen LogP) is 5.06. The molecule has 0 N–H and O–H groups in total. The molecule has 98 valence electrons. The fourth-order valence-corrected chi connectivity index (χ4v) is 2.43. The van der Waals surface area contributed by atoms with Crippen molar-refractivity contribution < 1.29 is 0 Å². The fourth-order valence-electron chi connectivity index (χ4n) is 2.00. The van der Waals surface area contributed by atoms with E-state index in [0.29, 0.717) is 5.28 Å². The summed E-state index contributed by atoms with van der Waals surface area (Å²) < 4.78 is 1.89. The minimum atomic E-state index is 0. The Kier molecular flexibility index (Phi) is 4.04. The van der Waals surface area contributed by atoms with E-state index >= 15 is 0 Å². The fraction of sp³-hybridized carbons (Fsp3) is 0.0714. The smallest absolute Gasteiger partial charge is 0.208 e. The maximum Gasteiger partial charge on any atom is 0.208 e. The molecule has 19 heavy (non-hydrogen) atoms. The first-order valence-corrected chi connectivity index (χ1v) is 6.32. The van der Waals surface area contributed by atoms with E-state index in [-0.39, 0.29) is 12.4 Å². The zero-order chi connectivity index (χ0) is 12.7. The van der Waals surface area contributed by atoms with Gasteiger partial charge in [0.15, 0.2) is 0 Å². The predicted molar refractivity (Wildman–Crippen MR) is 83.1 cm³/mol. The second-order valence-electron chi connectivity index (χ2n) is 4.14. The van der Waals surface area contributed by atoms with Crippen molar-refractivity contribution in [1.82, 2.24) is 9.55 Å². The molecular formula is C14H11Cl3N2. The Morgan fingerprint density at radius 3 is 2.42 bits per heavy atom. The number of imidazole rings is 1. The van der Waals surface area contributed by atoms with Gasteiger partial charge in [-0.15, -0.1) is 12.4 Å². The summed E-state index contributed by atoms with van der Waals surface area (Å²) in [4.78, 5) is 4.36. The number of hydrogen-bond acceptors (Lipinski definition) is 1. The van der Waals surface area contributed by atoms with E-state index in [0.717, 1.165) is 27.3 Å². The van der Waals surface area contributed by atoms with Gasteiger partial charge in [0.25, 0.3) is 0 Å². The second kappa shape index (κ2) is 5.41. The van der Waals surface area contributed by atoms with Crippen molar-refractivity contribution in [3.63, 3.8) is 0 Å². The molecule has 0 aliphatic rings. The van der Waals surface area contributed by atoms with Crippen molar-refractivity contribution in [2.45, 2.75) is 6.92 Å². The molecule has 0 amide bonds. The maximum atomic E-state index is 6.22. The Morgan fingerprint density at radius 2 is 1.74 bits per heavy atom. The van der Waals surface area contributed by atoms with Gasteiger partial charge in [0.2, 0.25) is 5.28 Å². The highest BCUT2D eigenvalue weighted by Gasteiger charge is 2.12. The van der Waals surface area contributed by atoms with Crippen molar-refractivity contribution in [2.75, 3.05) is 0 Å². The average Bonchev–Trinajstić information content (AvgIpc) is 2.66. The number of nitrogens with zero attached hydrogens (tertiary/aromatic N) is 2.